The number of rotatable bonds is 3. The first-order valence-corrected chi connectivity index (χ1v) is 5.54. The van der Waals surface area contributed by atoms with Crippen molar-refractivity contribution >= 4 is 54.5 Å². The van der Waals surface area contributed by atoms with Gasteiger partial charge in [0.25, 0.3) is 0 Å². The highest BCUT2D eigenvalue weighted by Gasteiger charge is 2.58. The lowest BCUT2D eigenvalue weighted by Crippen LogP contribution is -2.43. The molecule has 1 unspecified atom stereocenters. The second kappa shape index (κ2) is 4.08. The second-order valence-electron chi connectivity index (χ2n) is 1.74. The van der Waals surface area contributed by atoms with Gasteiger partial charge in [-0.3, -0.25) is 0 Å². The fourth-order valence-electron chi connectivity index (χ4n) is 0.274. The van der Waals surface area contributed by atoms with Crippen molar-refractivity contribution in [2.75, 3.05) is 5.33 Å². The Balaban J connectivity index is 4.45. The van der Waals surface area contributed by atoms with Crippen LogP contribution in [0.15, 0.2) is 0 Å². The summed E-state index contributed by atoms with van der Waals surface area (Å²) in [5, 5.41) is -0.179. The SMILES string of the molecule is FC(F)(Br)C(F)(F)C(I)CBr. The zero-order valence-corrected chi connectivity index (χ0v) is 10.3. The Labute approximate surface area is 91.5 Å². The van der Waals surface area contributed by atoms with E-state index in [1.165, 1.54) is 22.6 Å². The highest BCUT2D eigenvalue weighted by molar-refractivity contribution is 14.1. The predicted molar refractivity (Wildman–Crippen MR) is 50.4 cm³/mol. The molecule has 0 N–H and O–H groups in total. The van der Waals surface area contributed by atoms with E-state index in [0.717, 1.165) is 0 Å². The Morgan fingerprint density at radius 2 is 1.64 bits per heavy atom. The van der Waals surface area contributed by atoms with Gasteiger partial charge in [-0.05, 0) is 15.9 Å². The highest BCUT2D eigenvalue weighted by Crippen LogP contribution is 2.44. The molecule has 0 radical (unpaired) electrons. The van der Waals surface area contributed by atoms with Crippen molar-refractivity contribution in [2.45, 2.75) is 14.7 Å². The molecule has 0 aliphatic rings. The van der Waals surface area contributed by atoms with E-state index >= 15 is 0 Å². The first kappa shape index (κ1) is 12.4. The van der Waals surface area contributed by atoms with Gasteiger partial charge in [0.2, 0.25) is 0 Å². The second-order valence-corrected chi connectivity index (χ2v) is 4.89. The van der Waals surface area contributed by atoms with E-state index < -0.39 is 14.7 Å². The summed E-state index contributed by atoms with van der Waals surface area (Å²) in [5.74, 6) is -4.03. The molecule has 0 heterocycles. The average Bonchev–Trinajstić information content (AvgIpc) is 1.83. The van der Waals surface area contributed by atoms with Crippen LogP contribution in [0.3, 0.4) is 0 Å². The summed E-state index contributed by atoms with van der Waals surface area (Å²) >= 11 is 5.60. The van der Waals surface area contributed by atoms with E-state index in [-0.39, 0.29) is 5.33 Å². The molecule has 0 aromatic rings. The van der Waals surface area contributed by atoms with E-state index in [9.17, 15) is 17.6 Å². The molecule has 0 aliphatic heterocycles. The van der Waals surface area contributed by atoms with Crippen molar-refractivity contribution < 1.29 is 17.6 Å². The minimum absolute atomic E-state index is 0.179. The molecule has 0 rings (SSSR count). The molecular weight excluding hydrogens is 411 g/mol. The summed E-state index contributed by atoms with van der Waals surface area (Å²) in [6.45, 7) is 0. The van der Waals surface area contributed by atoms with E-state index in [1.54, 1.807) is 15.9 Å². The molecule has 0 spiro atoms. The summed E-state index contributed by atoms with van der Waals surface area (Å²) in [7, 11) is 0. The normalized spacial score (nSPS) is 16.6. The Morgan fingerprint density at radius 1 is 1.27 bits per heavy atom. The molecule has 0 nitrogen and oxygen atoms in total. The van der Waals surface area contributed by atoms with Gasteiger partial charge in [0.15, 0.2) is 0 Å². The summed E-state index contributed by atoms with van der Waals surface area (Å²) < 4.78 is 47.7. The summed E-state index contributed by atoms with van der Waals surface area (Å²) in [6, 6.07) is 0. The monoisotopic (exact) mass is 412 g/mol. The molecule has 0 bridgehead atoms. The standard InChI is InChI=1S/C4H3Br2F4I/c5-1-2(11)3(7,8)4(6,9)10/h2H,1H2. The molecule has 0 aliphatic carbocycles. The number of halogens is 7. The molecule has 1 atom stereocenters. The maximum atomic E-state index is 12.5. The fraction of sp³-hybridized carbons (Fsp3) is 1.00. The summed E-state index contributed by atoms with van der Waals surface area (Å²) in [6.07, 6.45) is 0. The third kappa shape index (κ3) is 2.98. The van der Waals surface area contributed by atoms with Gasteiger partial charge in [0, 0.05) is 5.33 Å². The molecule has 0 aromatic carbocycles. The first-order valence-electron chi connectivity index (χ1n) is 2.38. The van der Waals surface area contributed by atoms with E-state index in [4.69, 9.17) is 0 Å². The van der Waals surface area contributed by atoms with Crippen LogP contribution in [0.4, 0.5) is 17.6 Å². The zero-order valence-electron chi connectivity index (χ0n) is 4.93. The van der Waals surface area contributed by atoms with Crippen LogP contribution in [-0.2, 0) is 0 Å². The number of alkyl halides is 7. The Morgan fingerprint density at radius 3 is 1.73 bits per heavy atom. The minimum atomic E-state index is -4.14. The van der Waals surface area contributed by atoms with Crippen molar-refractivity contribution in [1.29, 1.82) is 0 Å². The lowest BCUT2D eigenvalue weighted by Gasteiger charge is -2.24. The van der Waals surface area contributed by atoms with Crippen molar-refractivity contribution in [2.24, 2.45) is 0 Å². The van der Waals surface area contributed by atoms with Crippen molar-refractivity contribution in [3.8, 4) is 0 Å². The van der Waals surface area contributed by atoms with Crippen LogP contribution >= 0.6 is 54.5 Å². The lowest BCUT2D eigenvalue weighted by atomic mass is 10.3. The fourth-order valence-corrected chi connectivity index (χ4v) is 1.78. The maximum absolute atomic E-state index is 12.5. The van der Waals surface area contributed by atoms with Crippen LogP contribution in [0.5, 0.6) is 0 Å². The van der Waals surface area contributed by atoms with Crippen LogP contribution in [0.1, 0.15) is 0 Å². The van der Waals surface area contributed by atoms with Gasteiger partial charge in [0.05, 0.1) is 3.92 Å². The molecular formula is C4H3Br2F4I. The Hall–Kier alpha value is 1.41. The highest BCUT2D eigenvalue weighted by atomic mass is 127. The lowest BCUT2D eigenvalue weighted by molar-refractivity contribution is -0.140. The van der Waals surface area contributed by atoms with Crippen LogP contribution in [0.2, 0.25) is 0 Å². The van der Waals surface area contributed by atoms with Gasteiger partial charge in [-0.1, -0.05) is 38.5 Å². The third-order valence-corrected chi connectivity index (χ3v) is 4.52. The number of hydrogen-bond acceptors (Lipinski definition) is 0. The van der Waals surface area contributed by atoms with Crippen LogP contribution in [0.25, 0.3) is 0 Å². The predicted octanol–water partition coefficient (Wildman–Crippen LogP) is 3.81. The van der Waals surface area contributed by atoms with Gasteiger partial charge in [-0.2, -0.15) is 17.6 Å². The van der Waals surface area contributed by atoms with E-state index in [1.807, 2.05) is 0 Å². The Bertz CT molecular complexity index is 135. The van der Waals surface area contributed by atoms with Gasteiger partial charge in [-0.15, -0.1) is 0 Å². The van der Waals surface area contributed by atoms with Gasteiger partial charge < -0.3 is 0 Å². The molecule has 0 saturated heterocycles. The largest absolute Gasteiger partial charge is 0.364 e. The Kier molecular flexibility index (Phi) is 4.60. The quantitative estimate of drug-likeness (QED) is 0.375. The van der Waals surface area contributed by atoms with Crippen molar-refractivity contribution in [3.63, 3.8) is 0 Å². The molecule has 7 heteroatoms. The summed E-state index contributed by atoms with van der Waals surface area (Å²) in [5.41, 5.74) is 0. The molecule has 0 saturated carbocycles. The average molecular weight is 414 g/mol. The van der Waals surface area contributed by atoms with E-state index in [2.05, 4.69) is 15.9 Å². The minimum Gasteiger partial charge on any atom is -0.198 e. The molecule has 0 aromatic heterocycles. The van der Waals surface area contributed by atoms with Crippen LogP contribution in [-0.4, -0.2) is 20.0 Å². The van der Waals surface area contributed by atoms with Gasteiger partial charge in [0.1, 0.15) is 0 Å². The van der Waals surface area contributed by atoms with Gasteiger partial charge >= 0.3 is 10.8 Å². The third-order valence-electron chi connectivity index (χ3n) is 0.907. The van der Waals surface area contributed by atoms with Crippen LogP contribution < -0.4 is 0 Å². The maximum Gasteiger partial charge on any atom is 0.364 e. The molecule has 0 fully saturated rings. The van der Waals surface area contributed by atoms with Crippen molar-refractivity contribution in [3.05, 3.63) is 0 Å². The topological polar surface area (TPSA) is 0 Å². The molecule has 68 valence electrons. The smallest absolute Gasteiger partial charge is 0.198 e. The zero-order chi connectivity index (χ0) is 9.28. The summed E-state index contributed by atoms with van der Waals surface area (Å²) in [4.78, 5) is -4.14. The molecule has 11 heavy (non-hydrogen) atoms. The van der Waals surface area contributed by atoms with Gasteiger partial charge in [-0.25, -0.2) is 0 Å². The number of hydrogen-bond donors (Lipinski definition) is 0. The van der Waals surface area contributed by atoms with E-state index in [0.29, 0.717) is 0 Å². The first-order chi connectivity index (χ1) is 4.73. The van der Waals surface area contributed by atoms with Crippen molar-refractivity contribution in [1.82, 2.24) is 0 Å². The molecule has 0 amide bonds. The van der Waals surface area contributed by atoms with Crippen LogP contribution in [0, 0.1) is 0 Å².